The molecular weight excluding hydrogens is 402 g/mol. The molecule has 1 unspecified atom stereocenters. The van der Waals surface area contributed by atoms with Crippen molar-refractivity contribution in [2.75, 3.05) is 22.9 Å². The number of benzene rings is 2. The van der Waals surface area contributed by atoms with E-state index < -0.39 is 5.66 Å². The lowest BCUT2D eigenvalue weighted by molar-refractivity contribution is -0.119. The molecule has 2 aromatic carbocycles. The molecule has 1 saturated heterocycles. The van der Waals surface area contributed by atoms with Crippen LogP contribution in [-0.2, 0) is 16.0 Å². The summed E-state index contributed by atoms with van der Waals surface area (Å²) < 4.78 is 0. The Hall–Kier alpha value is -3.15. The summed E-state index contributed by atoms with van der Waals surface area (Å²) in [5.41, 5.74) is 4.07. The molecule has 6 nitrogen and oxygen atoms in total. The van der Waals surface area contributed by atoms with E-state index in [1.165, 1.54) is 11.1 Å². The first-order valence-electron chi connectivity index (χ1n) is 11.5. The smallest absolute Gasteiger partial charge is 0.257 e. The molecule has 0 aliphatic carbocycles. The average Bonchev–Trinajstić information content (AvgIpc) is 3.10. The molecule has 0 radical (unpaired) electrons. The summed E-state index contributed by atoms with van der Waals surface area (Å²) in [7, 11) is 0. The number of fused-ring (bicyclic) bond motifs is 4. The van der Waals surface area contributed by atoms with E-state index in [0.717, 1.165) is 25.1 Å². The summed E-state index contributed by atoms with van der Waals surface area (Å²) in [4.78, 5) is 44.6. The van der Waals surface area contributed by atoms with Gasteiger partial charge in [0.15, 0.2) is 0 Å². The fourth-order valence-electron chi connectivity index (χ4n) is 5.55. The van der Waals surface area contributed by atoms with Gasteiger partial charge in [0.25, 0.3) is 5.91 Å². The summed E-state index contributed by atoms with van der Waals surface area (Å²) in [6.45, 7) is 5.24. The quantitative estimate of drug-likeness (QED) is 0.734. The van der Waals surface area contributed by atoms with Gasteiger partial charge in [0.1, 0.15) is 5.66 Å². The second kappa shape index (κ2) is 7.76. The fourth-order valence-corrected chi connectivity index (χ4v) is 5.55. The molecule has 1 atom stereocenters. The number of anilines is 2. The zero-order valence-electron chi connectivity index (χ0n) is 18.8. The van der Waals surface area contributed by atoms with Crippen molar-refractivity contribution < 1.29 is 14.4 Å². The molecule has 166 valence electrons. The second-order valence-corrected chi connectivity index (χ2v) is 9.30. The first-order chi connectivity index (χ1) is 15.4. The highest BCUT2D eigenvalue weighted by molar-refractivity contribution is 6.10. The van der Waals surface area contributed by atoms with E-state index in [1.807, 2.05) is 30.0 Å². The Balaban J connectivity index is 1.32. The highest BCUT2D eigenvalue weighted by Crippen LogP contribution is 2.44. The number of hydrogen-bond donors (Lipinski definition) is 0. The first kappa shape index (κ1) is 20.7. The van der Waals surface area contributed by atoms with Gasteiger partial charge < -0.3 is 9.80 Å². The average molecular weight is 432 g/mol. The standard InChI is InChI=1S/C26H29N3O3/c1-18-11-12-21-19(17-18)7-5-15-27(21)23(30)10-6-16-28-25(32)20-8-3-4-9-22(20)29-24(31)13-14-26(28,29)2/h3-4,8-9,11-12,17H,5-7,10,13-16H2,1-2H3. The molecule has 3 aliphatic heterocycles. The summed E-state index contributed by atoms with van der Waals surface area (Å²) in [6.07, 6.45) is 3.96. The van der Waals surface area contributed by atoms with Gasteiger partial charge in [-0.2, -0.15) is 0 Å². The maximum absolute atomic E-state index is 13.3. The third-order valence-corrected chi connectivity index (χ3v) is 7.17. The minimum atomic E-state index is -0.666. The van der Waals surface area contributed by atoms with E-state index in [4.69, 9.17) is 0 Å². The Morgan fingerprint density at radius 1 is 1.06 bits per heavy atom. The zero-order chi connectivity index (χ0) is 22.5. The third-order valence-electron chi connectivity index (χ3n) is 7.17. The molecule has 3 amide bonds. The molecule has 5 rings (SSSR count). The van der Waals surface area contributed by atoms with Crippen LogP contribution < -0.4 is 9.80 Å². The number of nitrogens with zero attached hydrogens (tertiary/aromatic N) is 3. The van der Waals surface area contributed by atoms with Gasteiger partial charge in [-0.1, -0.05) is 29.8 Å². The van der Waals surface area contributed by atoms with Gasteiger partial charge in [-0.25, -0.2) is 0 Å². The van der Waals surface area contributed by atoms with Crippen molar-refractivity contribution in [2.45, 2.75) is 58.0 Å². The first-order valence-corrected chi connectivity index (χ1v) is 11.5. The maximum Gasteiger partial charge on any atom is 0.257 e. The summed E-state index contributed by atoms with van der Waals surface area (Å²) in [6, 6.07) is 13.6. The van der Waals surface area contributed by atoms with E-state index in [2.05, 4.69) is 25.1 Å². The number of hydrogen-bond acceptors (Lipinski definition) is 3. The van der Waals surface area contributed by atoms with Gasteiger partial charge in [0, 0.05) is 31.6 Å². The van der Waals surface area contributed by atoms with Crippen LogP contribution in [0.15, 0.2) is 42.5 Å². The van der Waals surface area contributed by atoms with Crippen molar-refractivity contribution in [1.29, 1.82) is 0 Å². The van der Waals surface area contributed by atoms with Gasteiger partial charge in [-0.05, 0) is 63.3 Å². The highest BCUT2D eigenvalue weighted by atomic mass is 16.2. The Bertz CT molecular complexity index is 1110. The van der Waals surface area contributed by atoms with Gasteiger partial charge in [0.05, 0.1) is 11.3 Å². The molecule has 6 heteroatoms. The lowest BCUT2D eigenvalue weighted by Crippen LogP contribution is -2.62. The number of para-hydroxylation sites is 1. The van der Waals surface area contributed by atoms with Crippen LogP contribution in [0.25, 0.3) is 0 Å². The van der Waals surface area contributed by atoms with Crippen LogP contribution in [0.3, 0.4) is 0 Å². The second-order valence-electron chi connectivity index (χ2n) is 9.30. The highest BCUT2D eigenvalue weighted by Gasteiger charge is 2.52. The molecule has 32 heavy (non-hydrogen) atoms. The van der Waals surface area contributed by atoms with Crippen LogP contribution in [0.1, 0.15) is 60.5 Å². The molecule has 0 aromatic heterocycles. The van der Waals surface area contributed by atoms with Crippen LogP contribution in [0.2, 0.25) is 0 Å². The predicted octanol–water partition coefficient (Wildman–Crippen LogP) is 4.05. The minimum Gasteiger partial charge on any atom is -0.315 e. The van der Waals surface area contributed by atoms with Crippen molar-refractivity contribution in [2.24, 2.45) is 0 Å². The van der Waals surface area contributed by atoms with Gasteiger partial charge in [0.2, 0.25) is 11.8 Å². The number of carbonyl (C=O) groups excluding carboxylic acids is 3. The van der Waals surface area contributed by atoms with E-state index in [-0.39, 0.29) is 17.7 Å². The largest absolute Gasteiger partial charge is 0.315 e. The predicted molar refractivity (Wildman–Crippen MR) is 124 cm³/mol. The number of rotatable bonds is 4. The number of carbonyl (C=O) groups is 3. The van der Waals surface area contributed by atoms with E-state index in [1.54, 1.807) is 15.9 Å². The molecular formula is C26H29N3O3. The van der Waals surface area contributed by atoms with Crippen LogP contribution in [-0.4, -0.2) is 41.4 Å². The Labute approximate surface area is 188 Å². The number of amides is 3. The van der Waals surface area contributed by atoms with Crippen molar-refractivity contribution in [3.05, 3.63) is 59.2 Å². The Kier molecular flexibility index (Phi) is 5.03. The minimum absolute atomic E-state index is 0.0498. The van der Waals surface area contributed by atoms with Crippen LogP contribution in [0, 0.1) is 6.92 Å². The van der Waals surface area contributed by atoms with Crippen molar-refractivity contribution in [3.63, 3.8) is 0 Å². The van der Waals surface area contributed by atoms with Crippen molar-refractivity contribution in [1.82, 2.24) is 4.90 Å². The lowest BCUT2D eigenvalue weighted by Gasteiger charge is -2.48. The molecule has 0 saturated carbocycles. The van der Waals surface area contributed by atoms with Crippen LogP contribution >= 0.6 is 0 Å². The summed E-state index contributed by atoms with van der Waals surface area (Å²) in [5, 5.41) is 0. The van der Waals surface area contributed by atoms with Crippen molar-refractivity contribution in [3.8, 4) is 0 Å². The fraction of sp³-hybridized carbons (Fsp3) is 0.423. The Morgan fingerprint density at radius 3 is 2.72 bits per heavy atom. The third kappa shape index (κ3) is 3.20. The Morgan fingerprint density at radius 2 is 1.88 bits per heavy atom. The van der Waals surface area contributed by atoms with Gasteiger partial charge >= 0.3 is 0 Å². The van der Waals surface area contributed by atoms with E-state index in [0.29, 0.717) is 43.5 Å². The monoisotopic (exact) mass is 431 g/mol. The van der Waals surface area contributed by atoms with E-state index >= 15 is 0 Å². The molecule has 0 N–H and O–H groups in total. The molecule has 1 fully saturated rings. The zero-order valence-corrected chi connectivity index (χ0v) is 18.8. The lowest BCUT2D eigenvalue weighted by atomic mass is 9.97. The normalized spacial score (nSPS) is 22.0. The van der Waals surface area contributed by atoms with Crippen LogP contribution in [0.5, 0.6) is 0 Å². The van der Waals surface area contributed by atoms with Gasteiger partial charge in [-0.15, -0.1) is 0 Å². The molecule has 0 spiro atoms. The van der Waals surface area contributed by atoms with E-state index in [9.17, 15) is 14.4 Å². The topological polar surface area (TPSA) is 60.9 Å². The number of aryl methyl sites for hydroxylation is 2. The van der Waals surface area contributed by atoms with Crippen molar-refractivity contribution >= 4 is 29.1 Å². The molecule has 0 bridgehead atoms. The molecule has 2 aromatic rings. The van der Waals surface area contributed by atoms with Gasteiger partial charge in [-0.3, -0.25) is 19.3 Å². The molecule has 3 aliphatic rings. The molecule has 3 heterocycles. The SMILES string of the molecule is Cc1ccc2c(c1)CCCN2C(=O)CCCN1C(=O)c2ccccc2N2C(=O)CCC12C. The maximum atomic E-state index is 13.3. The summed E-state index contributed by atoms with van der Waals surface area (Å²) in [5.74, 6) is 0.0956. The van der Waals surface area contributed by atoms with Crippen LogP contribution in [0.4, 0.5) is 11.4 Å². The summed E-state index contributed by atoms with van der Waals surface area (Å²) >= 11 is 0.